The van der Waals surface area contributed by atoms with Crippen LogP contribution in [0.15, 0.2) is 65.1 Å². The van der Waals surface area contributed by atoms with Gasteiger partial charge < -0.3 is 16.0 Å². The van der Waals surface area contributed by atoms with Gasteiger partial charge in [-0.15, -0.1) is 0 Å². The van der Waals surface area contributed by atoms with E-state index in [-0.39, 0.29) is 5.95 Å². The molecule has 0 amide bonds. The van der Waals surface area contributed by atoms with Crippen LogP contribution in [0, 0.1) is 11.3 Å². The minimum Gasteiger partial charge on any atom is -0.369 e. The van der Waals surface area contributed by atoms with Gasteiger partial charge in [-0.05, 0) is 23.8 Å². The number of aromatic amines is 2. The minimum absolute atomic E-state index is 0.000194. The molecule has 30 heavy (non-hydrogen) atoms. The van der Waals surface area contributed by atoms with E-state index in [1.54, 1.807) is 12.1 Å². The van der Waals surface area contributed by atoms with Gasteiger partial charge in [0.25, 0.3) is 5.56 Å². The van der Waals surface area contributed by atoms with Crippen LogP contribution < -0.4 is 16.6 Å². The summed E-state index contributed by atoms with van der Waals surface area (Å²) < 4.78 is 0. The molecule has 7 nitrogen and oxygen atoms in total. The van der Waals surface area contributed by atoms with E-state index in [9.17, 15) is 10.1 Å². The molecule has 0 saturated carbocycles. The molecule has 1 aliphatic heterocycles. The summed E-state index contributed by atoms with van der Waals surface area (Å²) >= 11 is 6.06. The van der Waals surface area contributed by atoms with Crippen molar-refractivity contribution in [3.8, 4) is 6.07 Å². The molecule has 0 fully saturated rings. The number of anilines is 2. The third-order valence-electron chi connectivity index (χ3n) is 5.25. The maximum atomic E-state index is 12.8. The summed E-state index contributed by atoms with van der Waals surface area (Å²) in [5, 5.41) is 14.8. The molecule has 1 atom stereocenters. The monoisotopic (exact) mass is 414 g/mol. The van der Waals surface area contributed by atoms with Crippen molar-refractivity contribution in [2.75, 3.05) is 11.1 Å². The van der Waals surface area contributed by atoms with E-state index in [0.717, 1.165) is 22.0 Å². The van der Waals surface area contributed by atoms with Gasteiger partial charge in [0.1, 0.15) is 5.82 Å². The van der Waals surface area contributed by atoms with Crippen LogP contribution in [-0.4, -0.2) is 15.0 Å². The predicted octanol–water partition coefficient (Wildman–Crippen LogP) is 3.98. The number of hydrogen-bond donors (Lipinski definition) is 4. The summed E-state index contributed by atoms with van der Waals surface area (Å²) in [6, 6.07) is 17.2. The van der Waals surface area contributed by atoms with Crippen molar-refractivity contribution in [2.45, 2.75) is 5.92 Å². The number of fused-ring (bicyclic) bond motifs is 2. The zero-order valence-corrected chi connectivity index (χ0v) is 16.3. The molecule has 0 radical (unpaired) electrons. The Morgan fingerprint density at radius 3 is 2.67 bits per heavy atom. The Labute approximate surface area is 175 Å². The predicted molar refractivity (Wildman–Crippen MR) is 117 cm³/mol. The molecule has 3 heterocycles. The first-order valence-corrected chi connectivity index (χ1v) is 9.57. The number of halogens is 1. The molecule has 5 N–H and O–H groups in total. The molecule has 0 aliphatic carbocycles. The van der Waals surface area contributed by atoms with Gasteiger partial charge in [0.05, 0.1) is 28.8 Å². The molecule has 8 heteroatoms. The zero-order chi connectivity index (χ0) is 20.8. The van der Waals surface area contributed by atoms with Gasteiger partial charge >= 0.3 is 0 Å². The molecule has 2 aromatic carbocycles. The summed E-state index contributed by atoms with van der Waals surface area (Å²) in [4.78, 5) is 22.9. The van der Waals surface area contributed by atoms with Crippen LogP contribution in [0.1, 0.15) is 22.6 Å². The molecular weight excluding hydrogens is 400 g/mol. The second-order valence-corrected chi connectivity index (χ2v) is 7.41. The first-order valence-electron chi connectivity index (χ1n) is 9.19. The number of hydrogen-bond acceptors (Lipinski definition) is 5. The number of rotatable bonds is 2. The van der Waals surface area contributed by atoms with Crippen LogP contribution in [0.3, 0.4) is 0 Å². The van der Waals surface area contributed by atoms with Crippen LogP contribution in [0.25, 0.3) is 16.6 Å². The van der Waals surface area contributed by atoms with Gasteiger partial charge in [-0.3, -0.25) is 9.78 Å². The SMILES string of the molecule is N#CC1=C(c2c[nH]c3ccccc23)Nc2nc(N)[nH]c(=O)c2C1c1ccc(Cl)cc1. The van der Waals surface area contributed by atoms with Crippen molar-refractivity contribution in [1.82, 2.24) is 15.0 Å². The Kier molecular flexibility index (Phi) is 4.09. The second kappa shape index (κ2) is 6.79. The Morgan fingerprint density at radius 1 is 1.13 bits per heavy atom. The highest BCUT2D eigenvalue weighted by atomic mass is 35.5. The first kappa shape index (κ1) is 18.0. The Balaban J connectivity index is 1.83. The number of allylic oxidation sites excluding steroid dienone is 1. The lowest BCUT2D eigenvalue weighted by Crippen LogP contribution is -2.28. The van der Waals surface area contributed by atoms with E-state index in [4.69, 9.17) is 17.3 Å². The minimum atomic E-state index is -0.621. The fraction of sp³-hybridized carbons (Fsp3) is 0.0455. The highest BCUT2D eigenvalue weighted by molar-refractivity contribution is 6.30. The lowest BCUT2D eigenvalue weighted by atomic mass is 9.81. The summed E-state index contributed by atoms with van der Waals surface area (Å²) in [5.74, 6) is -0.292. The fourth-order valence-electron chi connectivity index (χ4n) is 3.94. The molecule has 0 spiro atoms. The Hall–Kier alpha value is -4.02. The van der Waals surface area contributed by atoms with E-state index in [2.05, 4.69) is 26.3 Å². The van der Waals surface area contributed by atoms with Gasteiger partial charge in [0, 0.05) is 27.7 Å². The molecule has 146 valence electrons. The van der Waals surface area contributed by atoms with Crippen LogP contribution >= 0.6 is 11.6 Å². The van der Waals surface area contributed by atoms with E-state index >= 15 is 0 Å². The summed E-state index contributed by atoms with van der Waals surface area (Å²) in [7, 11) is 0. The average Bonchev–Trinajstić information content (AvgIpc) is 3.17. The summed E-state index contributed by atoms with van der Waals surface area (Å²) in [5.41, 5.74) is 9.24. The number of H-pyrrole nitrogens is 2. The van der Waals surface area contributed by atoms with Gasteiger partial charge in [0.15, 0.2) is 0 Å². The molecule has 4 aromatic rings. The smallest absolute Gasteiger partial charge is 0.258 e. The molecule has 5 rings (SSSR count). The second-order valence-electron chi connectivity index (χ2n) is 6.97. The van der Waals surface area contributed by atoms with Crippen LogP contribution in [0.5, 0.6) is 0 Å². The number of nitrogens with one attached hydrogen (secondary N) is 3. The van der Waals surface area contributed by atoms with Crippen molar-refractivity contribution < 1.29 is 0 Å². The molecular formula is C22H15ClN6O. The van der Waals surface area contributed by atoms with Crippen molar-refractivity contribution >= 4 is 40.0 Å². The normalized spacial score (nSPS) is 15.5. The molecule has 1 aliphatic rings. The lowest BCUT2D eigenvalue weighted by Gasteiger charge is -2.27. The number of nitrogens with zero attached hydrogens (tertiary/aromatic N) is 2. The number of nitriles is 1. The Bertz CT molecular complexity index is 1420. The Morgan fingerprint density at radius 2 is 1.90 bits per heavy atom. The highest BCUT2D eigenvalue weighted by Crippen LogP contribution is 2.43. The summed E-state index contributed by atoms with van der Waals surface area (Å²) in [6.07, 6.45) is 1.84. The number of nitrogens with two attached hydrogens (primary N) is 1. The van der Waals surface area contributed by atoms with Gasteiger partial charge in [-0.1, -0.05) is 41.9 Å². The topological polar surface area (TPSA) is 123 Å². The fourth-order valence-corrected chi connectivity index (χ4v) is 4.06. The largest absolute Gasteiger partial charge is 0.369 e. The van der Waals surface area contributed by atoms with Crippen LogP contribution in [-0.2, 0) is 0 Å². The maximum Gasteiger partial charge on any atom is 0.258 e. The molecule has 1 unspecified atom stereocenters. The molecule has 0 bridgehead atoms. The lowest BCUT2D eigenvalue weighted by molar-refractivity contribution is 0.915. The third kappa shape index (κ3) is 2.74. The van der Waals surface area contributed by atoms with E-state index in [0.29, 0.717) is 27.7 Å². The van der Waals surface area contributed by atoms with Crippen molar-refractivity contribution in [2.24, 2.45) is 0 Å². The average molecular weight is 415 g/mol. The van der Waals surface area contributed by atoms with Crippen molar-refractivity contribution in [1.29, 1.82) is 5.26 Å². The first-order chi connectivity index (χ1) is 14.6. The number of aromatic nitrogens is 3. The van der Waals surface area contributed by atoms with Crippen LogP contribution in [0.2, 0.25) is 5.02 Å². The molecule has 0 saturated heterocycles. The number of benzene rings is 2. The number of nitrogen functional groups attached to an aromatic ring is 1. The highest BCUT2D eigenvalue weighted by Gasteiger charge is 2.34. The van der Waals surface area contributed by atoms with E-state index in [1.807, 2.05) is 42.6 Å². The van der Waals surface area contributed by atoms with E-state index < -0.39 is 11.5 Å². The van der Waals surface area contributed by atoms with Gasteiger partial charge in [0.2, 0.25) is 5.95 Å². The maximum absolute atomic E-state index is 12.8. The van der Waals surface area contributed by atoms with Gasteiger partial charge in [-0.2, -0.15) is 10.2 Å². The van der Waals surface area contributed by atoms with Gasteiger partial charge in [-0.25, -0.2) is 0 Å². The van der Waals surface area contributed by atoms with Crippen molar-refractivity contribution in [3.05, 3.63) is 92.4 Å². The zero-order valence-electron chi connectivity index (χ0n) is 15.5. The number of para-hydroxylation sites is 1. The van der Waals surface area contributed by atoms with Crippen molar-refractivity contribution in [3.63, 3.8) is 0 Å². The third-order valence-corrected chi connectivity index (χ3v) is 5.50. The standard InChI is InChI=1S/C22H15ClN6O/c23-12-7-5-11(6-8-12)17-14(9-24)19(15-10-26-16-4-2-1-3-13(15)16)27-20-18(17)21(30)29-22(25)28-20/h1-8,10,17,26H,(H4,25,27,28,29,30). The summed E-state index contributed by atoms with van der Waals surface area (Å²) in [6.45, 7) is 0. The quantitative estimate of drug-likeness (QED) is 0.395. The molecule has 2 aromatic heterocycles. The van der Waals surface area contributed by atoms with Crippen LogP contribution in [0.4, 0.5) is 11.8 Å². The van der Waals surface area contributed by atoms with E-state index in [1.165, 1.54) is 0 Å².